The Bertz CT molecular complexity index is 272. The smallest absolute Gasteiger partial charge is 0.227 e. The van der Waals surface area contributed by atoms with Gasteiger partial charge in [-0.1, -0.05) is 12.1 Å². The third-order valence-corrected chi connectivity index (χ3v) is 1.99. The number of rotatable bonds is 5. The van der Waals surface area contributed by atoms with E-state index in [1.165, 1.54) is 12.5 Å². The van der Waals surface area contributed by atoms with E-state index in [0.717, 1.165) is 12.8 Å². The molecule has 1 aromatic heterocycles. The van der Waals surface area contributed by atoms with Crippen LogP contribution in [0.25, 0.3) is 0 Å². The van der Waals surface area contributed by atoms with Crippen LogP contribution in [-0.4, -0.2) is 17.6 Å². The van der Waals surface area contributed by atoms with E-state index in [2.05, 4.69) is 15.0 Å². The molecular formula is C9H15N3O2. The Morgan fingerprint density at radius 2 is 2.57 bits per heavy atom. The van der Waals surface area contributed by atoms with E-state index in [1.54, 1.807) is 0 Å². The summed E-state index contributed by atoms with van der Waals surface area (Å²) in [5.41, 5.74) is 5.95. The molecule has 0 aliphatic heterocycles. The van der Waals surface area contributed by atoms with Gasteiger partial charge in [-0.25, -0.2) is 0 Å². The van der Waals surface area contributed by atoms with Crippen LogP contribution < -0.4 is 11.1 Å². The molecule has 0 aliphatic carbocycles. The molecule has 0 aliphatic rings. The van der Waals surface area contributed by atoms with Gasteiger partial charge < -0.3 is 15.6 Å². The van der Waals surface area contributed by atoms with Gasteiger partial charge in [0.1, 0.15) is 12.0 Å². The summed E-state index contributed by atoms with van der Waals surface area (Å²) in [6.45, 7) is 2.49. The molecule has 1 rings (SSSR count). The molecule has 3 N–H and O–H groups in total. The number of hydrogen-bond donors (Lipinski definition) is 2. The highest BCUT2D eigenvalue weighted by molar-refractivity contribution is 5.91. The van der Waals surface area contributed by atoms with Crippen LogP contribution in [0.5, 0.6) is 0 Å². The van der Waals surface area contributed by atoms with Crippen LogP contribution in [0, 0.1) is 5.92 Å². The van der Waals surface area contributed by atoms with E-state index in [9.17, 15) is 4.79 Å². The summed E-state index contributed by atoms with van der Waals surface area (Å²) in [7, 11) is 0. The molecule has 0 bridgehead atoms. The van der Waals surface area contributed by atoms with Crippen molar-refractivity contribution in [2.45, 2.75) is 19.8 Å². The first-order chi connectivity index (χ1) is 6.74. The molecule has 14 heavy (non-hydrogen) atoms. The first-order valence-electron chi connectivity index (χ1n) is 4.64. The summed E-state index contributed by atoms with van der Waals surface area (Å²) in [6.07, 6.45) is 4.52. The molecule has 0 radical (unpaired) electrons. The van der Waals surface area contributed by atoms with E-state index in [4.69, 9.17) is 5.73 Å². The topological polar surface area (TPSA) is 81.2 Å². The Morgan fingerprint density at radius 1 is 1.79 bits per heavy atom. The van der Waals surface area contributed by atoms with Gasteiger partial charge in [0.15, 0.2) is 0 Å². The van der Waals surface area contributed by atoms with Crippen molar-refractivity contribution in [3.05, 3.63) is 12.5 Å². The SMILES string of the molecule is CC(CCCN)C(=O)Nc1cnoc1. The predicted molar refractivity (Wildman–Crippen MR) is 52.6 cm³/mol. The summed E-state index contributed by atoms with van der Waals surface area (Å²) < 4.78 is 4.59. The third-order valence-electron chi connectivity index (χ3n) is 1.99. The fourth-order valence-corrected chi connectivity index (χ4v) is 1.09. The molecule has 0 aromatic carbocycles. The number of amides is 1. The maximum absolute atomic E-state index is 11.5. The number of carbonyl (C=O) groups excluding carboxylic acids is 1. The number of nitrogens with one attached hydrogen (secondary N) is 1. The van der Waals surface area contributed by atoms with Crippen molar-refractivity contribution in [2.75, 3.05) is 11.9 Å². The Labute approximate surface area is 82.6 Å². The minimum Gasteiger partial charge on any atom is -0.363 e. The molecule has 1 heterocycles. The van der Waals surface area contributed by atoms with Crippen LogP contribution in [0.1, 0.15) is 19.8 Å². The maximum atomic E-state index is 11.5. The number of aromatic nitrogens is 1. The molecule has 0 saturated carbocycles. The van der Waals surface area contributed by atoms with Crippen LogP contribution in [0.2, 0.25) is 0 Å². The number of nitrogens with two attached hydrogens (primary N) is 1. The number of nitrogens with zero attached hydrogens (tertiary/aromatic N) is 1. The zero-order valence-electron chi connectivity index (χ0n) is 8.19. The minimum atomic E-state index is -0.0338. The number of hydrogen-bond acceptors (Lipinski definition) is 4. The van der Waals surface area contributed by atoms with Crippen LogP contribution in [0.3, 0.4) is 0 Å². The van der Waals surface area contributed by atoms with Crippen LogP contribution in [0.15, 0.2) is 17.0 Å². The van der Waals surface area contributed by atoms with Gasteiger partial charge in [0.05, 0.1) is 6.20 Å². The predicted octanol–water partition coefficient (Wildman–Crippen LogP) is 0.988. The maximum Gasteiger partial charge on any atom is 0.227 e. The van der Waals surface area contributed by atoms with E-state index in [1.807, 2.05) is 6.92 Å². The van der Waals surface area contributed by atoms with Crippen molar-refractivity contribution in [3.63, 3.8) is 0 Å². The summed E-state index contributed by atoms with van der Waals surface area (Å²) in [5, 5.41) is 6.18. The second kappa shape index (κ2) is 5.39. The van der Waals surface area contributed by atoms with Gasteiger partial charge >= 0.3 is 0 Å². The first kappa shape index (κ1) is 10.7. The molecule has 0 spiro atoms. The van der Waals surface area contributed by atoms with Gasteiger partial charge in [0.25, 0.3) is 0 Å². The van der Waals surface area contributed by atoms with E-state index < -0.39 is 0 Å². The van der Waals surface area contributed by atoms with Crippen molar-refractivity contribution < 1.29 is 9.32 Å². The largest absolute Gasteiger partial charge is 0.363 e. The summed E-state index contributed by atoms with van der Waals surface area (Å²) in [6, 6.07) is 0. The summed E-state index contributed by atoms with van der Waals surface area (Å²) in [5.74, 6) is -0.0601. The highest BCUT2D eigenvalue weighted by Gasteiger charge is 2.12. The molecule has 0 saturated heterocycles. The summed E-state index contributed by atoms with van der Waals surface area (Å²) in [4.78, 5) is 11.5. The van der Waals surface area contributed by atoms with Gasteiger partial charge in [-0.15, -0.1) is 0 Å². The second-order valence-electron chi connectivity index (χ2n) is 3.23. The van der Waals surface area contributed by atoms with Gasteiger partial charge in [-0.2, -0.15) is 0 Å². The molecule has 78 valence electrons. The summed E-state index contributed by atoms with van der Waals surface area (Å²) >= 11 is 0. The van der Waals surface area contributed by atoms with Crippen LogP contribution in [0.4, 0.5) is 5.69 Å². The first-order valence-corrected chi connectivity index (χ1v) is 4.64. The molecule has 5 nitrogen and oxygen atoms in total. The highest BCUT2D eigenvalue weighted by atomic mass is 16.5. The lowest BCUT2D eigenvalue weighted by atomic mass is 10.1. The fourth-order valence-electron chi connectivity index (χ4n) is 1.09. The Morgan fingerprint density at radius 3 is 3.14 bits per heavy atom. The standard InChI is InChI=1S/C9H15N3O2/c1-7(3-2-4-10)9(13)12-8-5-11-14-6-8/h5-7H,2-4,10H2,1H3,(H,12,13). The minimum absolute atomic E-state index is 0.0262. The molecular weight excluding hydrogens is 182 g/mol. The zero-order valence-corrected chi connectivity index (χ0v) is 8.19. The lowest BCUT2D eigenvalue weighted by molar-refractivity contribution is -0.119. The Kier molecular flexibility index (Phi) is 4.12. The fraction of sp³-hybridized carbons (Fsp3) is 0.556. The van der Waals surface area contributed by atoms with Gasteiger partial charge in [0.2, 0.25) is 5.91 Å². The van der Waals surface area contributed by atoms with E-state index in [-0.39, 0.29) is 11.8 Å². The van der Waals surface area contributed by atoms with Gasteiger partial charge in [-0.3, -0.25) is 4.79 Å². The van der Waals surface area contributed by atoms with Crippen molar-refractivity contribution in [1.29, 1.82) is 0 Å². The lowest BCUT2D eigenvalue weighted by Crippen LogP contribution is -2.20. The van der Waals surface area contributed by atoms with Crippen LogP contribution in [-0.2, 0) is 4.79 Å². The molecule has 5 heteroatoms. The third kappa shape index (κ3) is 3.18. The quantitative estimate of drug-likeness (QED) is 0.737. The number of carbonyl (C=O) groups is 1. The normalized spacial score (nSPS) is 12.4. The van der Waals surface area contributed by atoms with Gasteiger partial charge in [-0.05, 0) is 19.4 Å². The molecule has 0 fully saturated rings. The average molecular weight is 197 g/mol. The molecule has 1 amide bonds. The lowest BCUT2D eigenvalue weighted by Gasteiger charge is -2.09. The van der Waals surface area contributed by atoms with Crippen molar-refractivity contribution in [2.24, 2.45) is 11.7 Å². The van der Waals surface area contributed by atoms with Crippen molar-refractivity contribution >= 4 is 11.6 Å². The monoisotopic (exact) mass is 197 g/mol. The van der Waals surface area contributed by atoms with Gasteiger partial charge in [0, 0.05) is 5.92 Å². The zero-order chi connectivity index (χ0) is 10.4. The van der Waals surface area contributed by atoms with Crippen molar-refractivity contribution in [1.82, 2.24) is 5.16 Å². The van der Waals surface area contributed by atoms with Crippen molar-refractivity contribution in [3.8, 4) is 0 Å². The van der Waals surface area contributed by atoms with E-state index in [0.29, 0.717) is 12.2 Å². The Hall–Kier alpha value is -1.36. The number of anilines is 1. The molecule has 1 unspecified atom stereocenters. The van der Waals surface area contributed by atoms with E-state index >= 15 is 0 Å². The second-order valence-corrected chi connectivity index (χ2v) is 3.23. The highest BCUT2D eigenvalue weighted by Crippen LogP contribution is 2.10. The molecule has 1 atom stereocenters. The molecule has 1 aromatic rings. The average Bonchev–Trinajstić information content (AvgIpc) is 2.66. The Balaban J connectivity index is 2.34. The van der Waals surface area contributed by atoms with Crippen LogP contribution >= 0.6 is 0 Å².